The van der Waals surface area contributed by atoms with Crippen molar-refractivity contribution in [1.82, 2.24) is 0 Å². The van der Waals surface area contributed by atoms with Crippen molar-refractivity contribution in [1.29, 1.82) is 0 Å². The number of hydrogen-bond acceptors (Lipinski definition) is 4. The van der Waals surface area contributed by atoms with Crippen molar-refractivity contribution in [3.05, 3.63) is 40.6 Å². The zero-order valence-electron chi connectivity index (χ0n) is 11.5. The van der Waals surface area contributed by atoms with E-state index in [1.807, 2.05) is 17.5 Å². The SMILES string of the molecule is COc1ccc2c(c1)NC(=O)CN2C(=O)Cc1cccs1. The number of carbonyl (C=O) groups excluding carboxylic acids is 2. The molecule has 108 valence electrons. The second-order valence-electron chi connectivity index (χ2n) is 4.67. The minimum absolute atomic E-state index is 0.0452. The normalized spacial score (nSPS) is 13.6. The lowest BCUT2D eigenvalue weighted by Crippen LogP contribution is -2.42. The molecular formula is C15H14N2O3S. The van der Waals surface area contributed by atoms with Gasteiger partial charge in [-0.25, -0.2) is 0 Å². The van der Waals surface area contributed by atoms with Gasteiger partial charge >= 0.3 is 0 Å². The number of rotatable bonds is 3. The lowest BCUT2D eigenvalue weighted by molar-refractivity contribution is -0.121. The van der Waals surface area contributed by atoms with Gasteiger partial charge in [0.1, 0.15) is 12.3 Å². The summed E-state index contributed by atoms with van der Waals surface area (Å²) in [6.45, 7) is 0.0452. The van der Waals surface area contributed by atoms with Gasteiger partial charge in [0.25, 0.3) is 0 Å². The maximum absolute atomic E-state index is 12.4. The molecule has 0 saturated carbocycles. The molecule has 2 amide bonds. The number of nitrogens with zero attached hydrogens (tertiary/aromatic N) is 1. The van der Waals surface area contributed by atoms with Gasteiger partial charge in [-0.15, -0.1) is 11.3 Å². The molecule has 0 fully saturated rings. The average molecular weight is 302 g/mol. The molecule has 5 nitrogen and oxygen atoms in total. The van der Waals surface area contributed by atoms with Gasteiger partial charge in [0.2, 0.25) is 11.8 Å². The second-order valence-corrected chi connectivity index (χ2v) is 5.70. The summed E-state index contributed by atoms with van der Waals surface area (Å²) in [6, 6.07) is 9.12. The summed E-state index contributed by atoms with van der Waals surface area (Å²) in [7, 11) is 1.56. The van der Waals surface area contributed by atoms with Crippen LogP contribution in [0.15, 0.2) is 35.7 Å². The number of fused-ring (bicyclic) bond motifs is 1. The Morgan fingerprint density at radius 3 is 3.00 bits per heavy atom. The summed E-state index contributed by atoms with van der Waals surface area (Å²) in [5, 5.41) is 4.70. The standard InChI is InChI=1S/C15H14N2O3S/c1-20-10-4-5-13-12(7-10)16-14(18)9-17(13)15(19)8-11-3-2-6-21-11/h2-7H,8-9H2,1H3,(H,16,18). The molecule has 0 saturated heterocycles. The molecule has 0 aliphatic carbocycles. The summed E-state index contributed by atoms with van der Waals surface area (Å²) in [4.78, 5) is 26.8. The number of amides is 2. The Bertz CT molecular complexity index is 682. The van der Waals surface area contributed by atoms with E-state index in [1.165, 1.54) is 16.2 Å². The van der Waals surface area contributed by atoms with Crippen LogP contribution in [0.2, 0.25) is 0 Å². The quantitative estimate of drug-likeness (QED) is 0.946. The third kappa shape index (κ3) is 2.75. The molecule has 1 aliphatic rings. The van der Waals surface area contributed by atoms with Crippen LogP contribution in [0.5, 0.6) is 5.75 Å². The first-order valence-corrected chi connectivity index (χ1v) is 7.36. The van der Waals surface area contributed by atoms with E-state index in [4.69, 9.17) is 4.74 Å². The Labute approximate surface area is 126 Å². The highest BCUT2D eigenvalue weighted by atomic mass is 32.1. The molecule has 0 radical (unpaired) electrons. The average Bonchev–Trinajstić information content (AvgIpc) is 2.98. The monoisotopic (exact) mass is 302 g/mol. The molecule has 0 unspecified atom stereocenters. The van der Waals surface area contributed by atoms with E-state index in [9.17, 15) is 9.59 Å². The molecule has 3 rings (SSSR count). The van der Waals surface area contributed by atoms with E-state index in [0.717, 1.165) is 4.88 Å². The van der Waals surface area contributed by atoms with Gasteiger partial charge in [-0.1, -0.05) is 6.07 Å². The van der Waals surface area contributed by atoms with Crippen LogP contribution in [-0.2, 0) is 16.0 Å². The van der Waals surface area contributed by atoms with E-state index in [-0.39, 0.29) is 18.4 Å². The zero-order chi connectivity index (χ0) is 14.8. The van der Waals surface area contributed by atoms with Gasteiger partial charge in [-0.2, -0.15) is 0 Å². The number of benzene rings is 1. The zero-order valence-corrected chi connectivity index (χ0v) is 12.3. The molecule has 21 heavy (non-hydrogen) atoms. The third-order valence-corrected chi connectivity index (χ3v) is 4.15. The molecule has 2 heterocycles. The van der Waals surface area contributed by atoms with Crippen LogP contribution in [0.3, 0.4) is 0 Å². The molecule has 0 bridgehead atoms. The number of methoxy groups -OCH3 is 1. The third-order valence-electron chi connectivity index (χ3n) is 3.28. The summed E-state index contributed by atoms with van der Waals surface area (Å²) >= 11 is 1.54. The fourth-order valence-electron chi connectivity index (χ4n) is 2.28. The lowest BCUT2D eigenvalue weighted by Gasteiger charge is -2.29. The first kappa shape index (κ1) is 13.6. The Kier molecular flexibility index (Phi) is 3.62. The fraction of sp³-hybridized carbons (Fsp3) is 0.200. The highest BCUT2D eigenvalue weighted by molar-refractivity contribution is 7.10. The number of hydrogen-bond donors (Lipinski definition) is 1. The number of nitrogens with one attached hydrogen (secondary N) is 1. The fourth-order valence-corrected chi connectivity index (χ4v) is 2.97. The van der Waals surface area contributed by atoms with Gasteiger partial charge in [0.15, 0.2) is 0 Å². The van der Waals surface area contributed by atoms with Crippen molar-refractivity contribution >= 4 is 34.5 Å². The number of ether oxygens (including phenoxy) is 1. The molecule has 0 spiro atoms. The maximum atomic E-state index is 12.4. The molecular weight excluding hydrogens is 288 g/mol. The van der Waals surface area contributed by atoms with Crippen LogP contribution in [0.1, 0.15) is 4.88 Å². The van der Waals surface area contributed by atoms with Crippen LogP contribution in [0.4, 0.5) is 11.4 Å². The van der Waals surface area contributed by atoms with Crippen LogP contribution in [-0.4, -0.2) is 25.5 Å². The summed E-state index contributed by atoms with van der Waals surface area (Å²) in [6.07, 6.45) is 0.302. The molecule has 6 heteroatoms. The Morgan fingerprint density at radius 2 is 2.29 bits per heavy atom. The smallest absolute Gasteiger partial charge is 0.244 e. The minimum Gasteiger partial charge on any atom is -0.497 e. The van der Waals surface area contributed by atoms with Crippen molar-refractivity contribution in [2.75, 3.05) is 23.9 Å². The molecule has 1 N–H and O–H groups in total. The van der Waals surface area contributed by atoms with Gasteiger partial charge in [0.05, 0.1) is 24.9 Å². The first-order chi connectivity index (χ1) is 10.2. The number of thiophene rings is 1. The van der Waals surface area contributed by atoms with Crippen molar-refractivity contribution in [2.45, 2.75) is 6.42 Å². The van der Waals surface area contributed by atoms with Crippen molar-refractivity contribution in [2.24, 2.45) is 0 Å². The Morgan fingerprint density at radius 1 is 1.43 bits per heavy atom. The van der Waals surface area contributed by atoms with Crippen molar-refractivity contribution < 1.29 is 14.3 Å². The van der Waals surface area contributed by atoms with Crippen LogP contribution in [0, 0.1) is 0 Å². The van der Waals surface area contributed by atoms with E-state index in [0.29, 0.717) is 23.5 Å². The highest BCUT2D eigenvalue weighted by Gasteiger charge is 2.27. The number of anilines is 2. The second kappa shape index (κ2) is 5.57. The molecule has 1 aromatic heterocycles. The molecule has 2 aromatic rings. The summed E-state index contributed by atoms with van der Waals surface area (Å²) in [5.74, 6) is 0.357. The molecule has 0 atom stereocenters. The van der Waals surface area contributed by atoms with E-state index in [1.54, 1.807) is 25.3 Å². The van der Waals surface area contributed by atoms with Gasteiger partial charge < -0.3 is 15.0 Å². The topological polar surface area (TPSA) is 58.6 Å². The van der Waals surface area contributed by atoms with Gasteiger partial charge in [0, 0.05) is 10.9 Å². The molecule has 1 aromatic carbocycles. The summed E-state index contributed by atoms with van der Waals surface area (Å²) in [5.41, 5.74) is 1.31. The summed E-state index contributed by atoms with van der Waals surface area (Å²) < 4.78 is 5.14. The van der Waals surface area contributed by atoms with Crippen LogP contribution in [0.25, 0.3) is 0 Å². The van der Waals surface area contributed by atoms with Crippen LogP contribution < -0.4 is 15.0 Å². The lowest BCUT2D eigenvalue weighted by atomic mass is 10.1. The van der Waals surface area contributed by atoms with E-state index in [2.05, 4.69) is 5.32 Å². The van der Waals surface area contributed by atoms with Crippen molar-refractivity contribution in [3.63, 3.8) is 0 Å². The predicted molar refractivity (Wildman–Crippen MR) is 82.0 cm³/mol. The Balaban J connectivity index is 1.89. The van der Waals surface area contributed by atoms with Gasteiger partial charge in [-0.05, 0) is 23.6 Å². The Hall–Kier alpha value is -2.34. The van der Waals surface area contributed by atoms with E-state index < -0.39 is 0 Å². The predicted octanol–water partition coefficient (Wildman–Crippen LogP) is 2.28. The van der Waals surface area contributed by atoms with Gasteiger partial charge in [-0.3, -0.25) is 9.59 Å². The minimum atomic E-state index is -0.199. The van der Waals surface area contributed by atoms with E-state index >= 15 is 0 Å². The van der Waals surface area contributed by atoms with Crippen molar-refractivity contribution in [3.8, 4) is 5.75 Å². The molecule has 1 aliphatic heterocycles. The maximum Gasteiger partial charge on any atom is 0.244 e. The van der Waals surface area contributed by atoms with Crippen LogP contribution >= 0.6 is 11.3 Å². The largest absolute Gasteiger partial charge is 0.497 e. The number of carbonyl (C=O) groups is 2. The first-order valence-electron chi connectivity index (χ1n) is 6.48. The highest BCUT2D eigenvalue weighted by Crippen LogP contribution is 2.33.